The van der Waals surface area contributed by atoms with E-state index in [0.717, 1.165) is 32.2 Å². The molecule has 1 aromatic carbocycles. The monoisotopic (exact) mass is 286 g/mol. The second-order valence-corrected chi connectivity index (χ2v) is 6.21. The van der Waals surface area contributed by atoms with Gasteiger partial charge in [0.2, 0.25) is 0 Å². The number of unbranched alkanes of at least 4 members (excludes halogenated alkanes) is 1. The van der Waals surface area contributed by atoms with Crippen molar-refractivity contribution in [3.63, 3.8) is 0 Å². The lowest BCUT2D eigenvalue weighted by molar-refractivity contribution is 0.191. The Morgan fingerprint density at radius 1 is 1.29 bits per heavy atom. The largest absolute Gasteiger partial charge is 0.385 e. The zero-order chi connectivity index (χ0) is 14.7. The molecule has 1 saturated carbocycles. The quantitative estimate of drug-likeness (QED) is 0.750. The summed E-state index contributed by atoms with van der Waals surface area (Å²) in [6.07, 6.45) is 7.27. The minimum Gasteiger partial charge on any atom is -0.385 e. The van der Waals surface area contributed by atoms with E-state index in [1.54, 1.807) is 7.11 Å². The third-order valence-corrected chi connectivity index (χ3v) is 4.32. The van der Waals surface area contributed by atoms with Gasteiger partial charge in [0.15, 0.2) is 0 Å². The van der Waals surface area contributed by atoms with Crippen LogP contribution in [0.5, 0.6) is 0 Å². The van der Waals surface area contributed by atoms with Crippen molar-refractivity contribution in [1.82, 2.24) is 9.88 Å². The normalized spacial score (nSPS) is 15.0. The molecule has 114 valence electrons. The molecule has 0 aliphatic heterocycles. The number of methoxy groups -OCH3 is 1. The van der Waals surface area contributed by atoms with Crippen molar-refractivity contribution in [1.29, 1.82) is 0 Å². The minimum atomic E-state index is 0.767. The molecule has 0 atom stereocenters. The summed E-state index contributed by atoms with van der Waals surface area (Å²) in [5, 5.41) is 4.98. The molecule has 1 fully saturated rings. The summed E-state index contributed by atoms with van der Waals surface area (Å²) in [7, 11) is 1.77. The first-order valence-electron chi connectivity index (χ1n) is 8.08. The van der Waals surface area contributed by atoms with Gasteiger partial charge in [-0.1, -0.05) is 12.1 Å². The lowest BCUT2D eigenvalue weighted by Gasteiger charge is -2.08. The summed E-state index contributed by atoms with van der Waals surface area (Å²) < 4.78 is 7.54. The van der Waals surface area contributed by atoms with Crippen molar-refractivity contribution < 1.29 is 4.74 Å². The zero-order valence-electron chi connectivity index (χ0n) is 13.2. The maximum Gasteiger partial charge on any atom is 0.0486 e. The van der Waals surface area contributed by atoms with Crippen LogP contribution >= 0.6 is 0 Å². The Morgan fingerprint density at radius 2 is 2.14 bits per heavy atom. The van der Waals surface area contributed by atoms with Gasteiger partial charge >= 0.3 is 0 Å². The van der Waals surface area contributed by atoms with Crippen LogP contribution in [0.1, 0.15) is 36.8 Å². The fraction of sp³-hybridized carbons (Fsp3) is 0.556. The van der Waals surface area contributed by atoms with Gasteiger partial charge in [-0.2, -0.15) is 0 Å². The third kappa shape index (κ3) is 3.66. The molecule has 21 heavy (non-hydrogen) atoms. The molecule has 0 amide bonds. The minimum absolute atomic E-state index is 0.767. The number of nitrogens with zero attached hydrogens (tertiary/aromatic N) is 1. The fourth-order valence-corrected chi connectivity index (χ4v) is 2.89. The Balaban J connectivity index is 1.73. The second-order valence-electron chi connectivity index (χ2n) is 6.21. The first-order valence-corrected chi connectivity index (χ1v) is 8.08. The molecule has 3 heteroatoms. The summed E-state index contributed by atoms with van der Waals surface area (Å²) in [5.74, 6) is 0. The van der Waals surface area contributed by atoms with E-state index in [1.807, 2.05) is 0 Å². The molecule has 0 unspecified atom stereocenters. The van der Waals surface area contributed by atoms with Crippen molar-refractivity contribution in [2.75, 3.05) is 13.7 Å². The highest BCUT2D eigenvalue weighted by molar-refractivity contribution is 5.84. The van der Waals surface area contributed by atoms with Crippen LogP contribution in [0.25, 0.3) is 10.9 Å². The number of aromatic nitrogens is 1. The van der Waals surface area contributed by atoms with Gasteiger partial charge in [0, 0.05) is 49.9 Å². The van der Waals surface area contributed by atoms with Gasteiger partial charge in [0.05, 0.1) is 0 Å². The number of hydrogen-bond donors (Lipinski definition) is 1. The Kier molecular flexibility index (Phi) is 4.61. The van der Waals surface area contributed by atoms with E-state index < -0.39 is 0 Å². The number of nitrogens with one attached hydrogen (secondary N) is 1. The number of fused-ring (bicyclic) bond motifs is 1. The summed E-state index contributed by atoms with van der Waals surface area (Å²) in [6.45, 7) is 5.13. The molecule has 1 N–H and O–H groups in total. The number of rotatable bonds is 8. The van der Waals surface area contributed by atoms with Crippen molar-refractivity contribution in [3.8, 4) is 0 Å². The van der Waals surface area contributed by atoms with Gasteiger partial charge in [0.1, 0.15) is 0 Å². The molecule has 0 radical (unpaired) electrons. The maximum absolute atomic E-state index is 5.13. The smallest absolute Gasteiger partial charge is 0.0486 e. The molecule has 3 nitrogen and oxygen atoms in total. The van der Waals surface area contributed by atoms with Crippen molar-refractivity contribution >= 4 is 10.9 Å². The molecule has 2 aromatic rings. The molecular formula is C18H26N2O. The molecular weight excluding hydrogens is 260 g/mol. The molecule has 3 rings (SSSR count). The fourth-order valence-electron chi connectivity index (χ4n) is 2.89. The summed E-state index contributed by atoms with van der Waals surface area (Å²) in [5.41, 5.74) is 4.14. The van der Waals surface area contributed by atoms with E-state index >= 15 is 0 Å². The van der Waals surface area contributed by atoms with E-state index in [-0.39, 0.29) is 0 Å². The number of hydrogen-bond acceptors (Lipinski definition) is 2. The van der Waals surface area contributed by atoms with E-state index in [1.165, 1.54) is 41.3 Å². The zero-order valence-corrected chi connectivity index (χ0v) is 13.2. The summed E-state index contributed by atoms with van der Waals surface area (Å²) in [4.78, 5) is 0. The Labute approximate surface area is 127 Å². The highest BCUT2D eigenvalue weighted by Gasteiger charge is 2.20. The first-order chi connectivity index (χ1) is 10.3. The maximum atomic E-state index is 5.13. The van der Waals surface area contributed by atoms with Crippen LogP contribution in [0.4, 0.5) is 0 Å². The van der Waals surface area contributed by atoms with Gasteiger partial charge in [-0.3, -0.25) is 0 Å². The standard InChI is InChI=1S/C18H26N2O/c1-14-13-20(9-3-4-10-21-2)18-11-15(5-8-17(14)18)12-19-16-6-7-16/h5,8,11,13,16,19H,3-4,6-7,9-10,12H2,1-2H3. The average Bonchev–Trinajstić information content (AvgIpc) is 3.27. The van der Waals surface area contributed by atoms with Crippen LogP contribution in [-0.2, 0) is 17.8 Å². The topological polar surface area (TPSA) is 26.2 Å². The van der Waals surface area contributed by atoms with Gasteiger partial charge in [0.25, 0.3) is 0 Å². The van der Waals surface area contributed by atoms with Gasteiger partial charge < -0.3 is 14.6 Å². The lowest BCUT2D eigenvalue weighted by atomic mass is 10.1. The SMILES string of the molecule is COCCCCn1cc(C)c2ccc(CNC3CC3)cc21. The Bertz CT molecular complexity index is 599. The van der Waals surface area contributed by atoms with E-state index in [9.17, 15) is 0 Å². The average molecular weight is 286 g/mol. The Hall–Kier alpha value is -1.32. The third-order valence-electron chi connectivity index (χ3n) is 4.32. The van der Waals surface area contributed by atoms with Crippen molar-refractivity contribution in [2.45, 2.75) is 51.7 Å². The highest BCUT2D eigenvalue weighted by atomic mass is 16.5. The first kappa shape index (κ1) is 14.6. The van der Waals surface area contributed by atoms with E-state index in [4.69, 9.17) is 4.74 Å². The van der Waals surface area contributed by atoms with Crippen LogP contribution in [0.15, 0.2) is 24.4 Å². The lowest BCUT2D eigenvalue weighted by Crippen LogP contribution is -2.15. The number of benzene rings is 1. The van der Waals surface area contributed by atoms with Gasteiger partial charge in [-0.15, -0.1) is 0 Å². The molecule has 1 heterocycles. The molecule has 1 aromatic heterocycles. The predicted molar refractivity (Wildman–Crippen MR) is 87.6 cm³/mol. The molecule has 0 saturated heterocycles. The van der Waals surface area contributed by atoms with Crippen LogP contribution in [0, 0.1) is 6.92 Å². The predicted octanol–water partition coefficient (Wildman–Crippen LogP) is 3.63. The molecule has 1 aliphatic carbocycles. The molecule has 0 bridgehead atoms. The highest BCUT2D eigenvalue weighted by Crippen LogP contribution is 2.24. The van der Waals surface area contributed by atoms with Crippen molar-refractivity contribution in [2.24, 2.45) is 0 Å². The second kappa shape index (κ2) is 6.63. The van der Waals surface area contributed by atoms with E-state index in [0.29, 0.717) is 0 Å². The van der Waals surface area contributed by atoms with Crippen LogP contribution in [0.3, 0.4) is 0 Å². The van der Waals surface area contributed by atoms with Crippen LogP contribution < -0.4 is 5.32 Å². The molecule has 1 aliphatic rings. The van der Waals surface area contributed by atoms with Gasteiger partial charge in [-0.25, -0.2) is 0 Å². The number of ether oxygens (including phenoxy) is 1. The summed E-state index contributed by atoms with van der Waals surface area (Å²) >= 11 is 0. The van der Waals surface area contributed by atoms with Crippen molar-refractivity contribution in [3.05, 3.63) is 35.5 Å². The summed E-state index contributed by atoms with van der Waals surface area (Å²) in [6, 6.07) is 7.66. The Morgan fingerprint density at radius 3 is 2.90 bits per heavy atom. The van der Waals surface area contributed by atoms with Crippen LogP contribution in [-0.4, -0.2) is 24.3 Å². The van der Waals surface area contributed by atoms with E-state index in [2.05, 4.69) is 41.2 Å². The van der Waals surface area contributed by atoms with Crippen LogP contribution in [0.2, 0.25) is 0 Å². The number of aryl methyl sites for hydroxylation is 2. The van der Waals surface area contributed by atoms with Gasteiger partial charge in [-0.05, 0) is 49.8 Å². The molecule has 0 spiro atoms.